The highest BCUT2D eigenvalue weighted by Crippen LogP contribution is 2.35. The number of anilines is 2. The van der Waals surface area contributed by atoms with Crippen molar-refractivity contribution < 1.29 is 22.0 Å². The lowest BCUT2D eigenvalue weighted by Crippen LogP contribution is -2.47. The first kappa shape index (κ1) is 28.7. The molecule has 0 saturated carbocycles. The molecule has 1 saturated heterocycles. The van der Waals surface area contributed by atoms with Crippen molar-refractivity contribution in [3.8, 4) is 0 Å². The average molecular weight is 583 g/mol. The molecule has 0 unspecified atom stereocenters. The molecule has 1 fully saturated rings. The van der Waals surface area contributed by atoms with Crippen LogP contribution in [-0.2, 0) is 17.1 Å². The fourth-order valence-electron chi connectivity index (χ4n) is 4.83. The lowest BCUT2D eigenvalue weighted by atomic mass is 9.99. The number of nitrogens with one attached hydrogen (secondary N) is 2. The second kappa shape index (κ2) is 10.3. The van der Waals surface area contributed by atoms with Crippen molar-refractivity contribution in [1.82, 2.24) is 19.3 Å². The molecule has 2 N–H and O–H groups in total. The van der Waals surface area contributed by atoms with Crippen molar-refractivity contribution in [1.29, 1.82) is 0 Å². The second-order valence-electron chi connectivity index (χ2n) is 9.98. The van der Waals surface area contributed by atoms with Crippen molar-refractivity contribution in [2.24, 2.45) is 7.05 Å². The summed E-state index contributed by atoms with van der Waals surface area (Å²) >= 11 is 5.97. The van der Waals surface area contributed by atoms with Gasteiger partial charge in [0.05, 0.1) is 28.9 Å². The van der Waals surface area contributed by atoms with Gasteiger partial charge < -0.3 is 10.2 Å². The van der Waals surface area contributed by atoms with Crippen LogP contribution < -0.4 is 20.5 Å². The van der Waals surface area contributed by atoms with Crippen LogP contribution in [0.4, 0.5) is 20.4 Å². The Kier molecular flexibility index (Phi) is 7.60. The largest absolute Gasteiger partial charge is 0.377 e. The summed E-state index contributed by atoms with van der Waals surface area (Å²) in [6, 6.07) is 5.41. The number of piperidine rings is 1. The number of rotatable bonds is 6. The van der Waals surface area contributed by atoms with Crippen LogP contribution >= 0.6 is 11.6 Å². The number of hydrogen-bond donors (Lipinski definition) is 2. The number of hydrogen-bond acceptors (Lipinski definition) is 8. The van der Waals surface area contributed by atoms with E-state index in [4.69, 9.17) is 16.6 Å². The molecule has 3 heterocycles. The normalized spacial score (nSPS) is 18.2. The van der Waals surface area contributed by atoms with Gasteiger partial charge in [-0.25, -0.2) is 31.9 Å². The van der Waals surface area contributed by atoms with Crippen molar-refractivity contribution in [3.05, 3.63) is 56.6 Å². The van der Waals surface area contributed by atoms with Crippen molar-refractivity contribution in [3.63, 3.8) is 0 Å². The molecule has 14 heteroatoms. The van der Waals surface area contributed by atoms with Crippen molar-refractivity contribution in [2.45, 2.75) is 51.6 Å². The van der Waals surface area contributed by atoms with Gasteiger partial charge in [0.1, 0.15) is 5.15 Å². The topological polar surface area (TPSA) is 126 Å². The van der Waals surface area contributed by atoms with Crippen LogP contribution in [0.25, 0.3) is 10.9 Å². The van der Waals surface area contributed by atoms with Crippen LogP contribution in [0.2, 0.25) is 5.15 Å². The predicted octanol–water partition coefficient (Wildman–Crippen LogP) is 3.78. The molecular weight excluding hydrogens is 554 g/mol. The Hall–Kier alpha value is -3.32. The molecule has 0 spiro atoms. The van der Waals surface area contributed by atoms with Crippen LogP contribution in [0.5, 0.6) is 0 Å². The number of amides is 1. The Morgan fingerprint density at radius 1 is 1.26 bits per heavy atom. The lowest BCUT2D eigenvalue weighted by Gasteiger charge is -2.38. The van der Waals surface area contributed by atoms with E-state index in [2.05, 4.69) is 10.3 Å². The van der Waals surface area contributed by atoms with Gasteiger partial charge in [0.15, 0.2) is 5.69 Å². The summed E-state index contributed by atoms with van der Waals surface area (Å²) in [5, 5.41) is 3.50. The molecular formula is C25H29ClF2N6O4S. The van der Waals surface area contributed by atoms with Gasteiger partial charge in [0.25, 0.3) is 17.4 Å². The number of nitrogens with zero attached hydrogens (tertiary/aromatic N) is 4. The monoisotopic (exact) mass is 582 g/mol. The number of aryl methyl sites for hydroxylation is 1. The molecule has 1 aliphatic heterocycles. The SMILES string of the molecule is Cc1cc([C@@H](C)Nc2ccc(Cl)nc2C(=O)NS(C)(=O)=O)c2nc(N3CCC(F)(F)C[C@@H]3C)n(C)c(=O)c2c1. The van der Waals surface area contributed by atoms with E-state index in [9.17, 15) is 26.8 Å². The van der Waals surface area contributed by atoms with Gasteiger partial charge in [-0.05, 0) is 44.5 Å². The standard InChI is InChI=1S/C25H29ClF2N6O4S/c1-13-10-16(15(3)29-18-6-7-19(26)30-21(18)22(35)32-39(5,37)38)20-17(11-13)23(36)33(4)24(31-20)34-9-8-25(27,28)12-14(34)2/h6-7,10-11,14-15,29H,8-9,12H2,1-5H3,(H,32,35)/t14-,15+/m0/s1. The van der Waals surface area contributed by atoms with Gasteiger partial charge in [-0.15, -0.1) is 0 Å². The number of aromatic nitrogens is 3. The zero-order valence-corrected chi connectivity index (χ0v) is 23.6. The molecule has 3 aromatic rings. The number of fused-ring (bicyclic) bond motifs is 1. The molecule has 1 aromatic carbocycles. The van der Waals surface area contributed by atoms with Gasteiger partial charge in [-0.2, -0.15) is 0 Å². The maximum Gasteiger partial charge on any atom is 0.285 e. The number of pyridine rings is 1. The molecule has 210 valence electrons. The minimum absolute atomic E-state index is 0.0103. The van der Waals surface area contributed by atoms with E-state index < -0.39 is 33.9 Å². The summed E-state index contributed by atoms with van der Waals surface area (Å²) in [6.45, 7) is 5.33. The molecule has 4 rings (SSSR count). The smallest absolute Gasteiger partial charge is 0.285 e. The summed E-state index contributed by atoms with van der Waals surface area (Å²) in [6.07, 6.45) is 0.158. The third-order valence-electron chi connectivity index (χ3n) is 6.62. The summed E-state index contributed by atoms with van der Waals surface area (Å²) in [5.41, 5.74) is 1.43. The molecule has 1 aliphatic rings. The third kappa shape index (κ3) is 6.14. The van der Waals surface area contributed by atoms with Crippen molar-refractivity contribution in [2.75, 3.05) is 23.0 Å². The van der Waals surface area contributed by atoms with E-state index in [0.717, 1.165) is 11.8 Å². The van der Waals surface area contributed by atoms with Crippen LogP contribution in [0.3, 0.4) is 0 Å². The minimum Gasteiger partial charge on any atom is -0.377 e. The number of benzene rings is 1. The molecule has 2 atom stereocenters. The van der Waals surface area contributed by atoms with E-state index in [1.165, 1.54) is 16.7 Å². The summed E-state index contributed by atoms with van der Waals surface area (Å²) < 4.78 is 54.5. The maximum absolute atomic E-state index is 14.0. The fraction of sp³-hybridized carbons (Fsp3) is 0.440. The van der Waals surface area contributed by atoms with Crippen LogP contribution in [-0.4, -0.2) is 53.6 Å². The highest BCUT2D eigenvalue weighted by Gasteiger charge is 2.39. The number of carbonyl (C=O) groups excluding carboxylic acids is 1. The zero-order chi connectivity index (χ0) is 28.9. The third-order valence-corrected chi connectivity index (χ3v) is 7.39. The number of alkyl halides is 2. The highest BCUT2D eigenvalue weighted by atomic mass is 35.5. The molecule has 0 radical (unpaired) electrons. The molecule has 0 aliphatic carbocycles. The first-order valence-electron chi connectivity index (χ1n) is 12.2. The van der Waals surface area contributed by atoms with E-state index in [-0.39, 0.29) is 47.4 Å². The van der Waals surface area contributed by atoms with Gasteiger partial charge >= 0.3 is 0 Å². The van der Waals surface area contributed by atoms with Crippen LogP contribution in [0.1, 0.15) is 54.3 Å². The Balaban J connectivity index is 1.79. The second-order valence-corrected chi connectivity index (χ2v) is 12.1. The van der Waals surface area contributed by atoms with Gasteiger partial charge in [-0.3, -0.25) is 14.2 Å². The first-order valence-corrected chi connectivity index (χ1v) is 14.4. The number of sulfonamides is 1. The maximum atomic E-state index is 14.0. The molecule has 2 aromatic heterocycles. The lowest BCUT2D eigenvalue weighted by molar-refractivity contribution is -0.0322. The summed E-state index contributed by atoms with van der Waals surface area (Å²) in [5.74, 6) is -3.46. The van der Waals surface area contributed by atoms with Gasteiger partial charge in [-0.1, -0.05) is 17.7 Å². The van der Waals surface area contributed by atoms with E-state index in [0.29, 0.717) is 16.5 Å². The Bertz CT molecular complexity index is 1630. The number of carbonyl (C=O) groups is 1. The van der Waals surface area contributed by atoms with Crippen LogP contribution in [0, 0.1) is 6.92 Å². The summed E-state index contributed by atoms with van der Waals surface area (Å²) in [4.78, 5) is 36.6. The van der Waals surface area contributed by atoms with E-state index >= 15 is 0 Å². The van der Waals surface area contributed by atoms with Crippen LogP contribution in [0.15, 0.2) is 29.1 Å². The zero-order valence-electron chi connectivity index (χ0n) is 22.0. The first-order chi connectivity index (χ1) is 18.1. The van der Waals surface area contributed by atoms with Gasteiger partial charge in [0.2, 0.25) is 16.0 Å². The summed E-state index contributed by atoms with van der Waals surface area (Å²) in [7, 11) is -2.29. The number of halogens is 3. The van der Waals surface area contributed by atoms with Gasteiger partial charge in [0, 0.05) is 38.0 Å². The fourth-order valence-corrected chi connectivity index (χ4v) is 5.41. The minimum atomic E-state index is -3.86. The molecule has 10 nitrogen and oxygen atoms in total. The predicted molar refractivity (Wildman–Crippen MR) is 146 cm³/mol. The van der Waals surface area contributed by atoms with E-state index in [1.54, 1.807) is 31.9 Å². The quantitative estimate of drug-likeness (QED) is 0.421. The molecule has 39 heavy (non-hydrogen) atoms. The average Bonchev–Trinajstić information content (AvgIpc) is 2.81. The highest BCUT2D eigenvalue weighted by molar-refractivity contribution is 7.89. The van der Waals surface area contributed by atoms with E-state index in [1.807, 2.05) is 17.7 Å². The Morgan fingerprint density at radius 2 is 1.95 bits per heavy atom. The Labute approximate surface area is 229 Å². The Morgan fingerprint density at radius 3 is 2.59 bits per heavy atom. The molecule has 1 amide bonds. The van der Waals surface area contributed by atoms with Crippen molar-refractivity contribution >= 4 is 50.1 Å². The molecule has 0 bridgehead atoms.